The lowest BCUT2D eigenvalue weighted by molar-refractivity contribution is -0.136. The Bertz CT molecular complexity index is 820. The van der Waals surface area contributed by atoms with Gasteiger partial charge in [-0.25, -0.2) is 0 Å². The van der Waals surface area contributed by atoms with Crippen LogP contribution in [0.4, 0.5) is 13.2 Å². The zero-order valence-electron chi connectivity index (χ0n) is 17.7. The molecule has 0 fully saturated rings. The molecule has 0 aliphatic carbocycles. The summed E-state index contributed by atoms with van der Waals surface area (Å²) in [5.74, 6) is 0.727. The molecule has 6 heteroatoms. The molecular weight excluding hydrogens is 396 g/mol. The smallest absolute Gasteiger partial charge is 0.417 e. The molecule has 0 spiro atoms. The van der Waals surface area contributed by atoms with Crippen molar-refractivity contribution in [1.82, 2.24) is 0 Å². The first kappa shape index (κ1) is 23.7. The Morgan fingerprint density at radius 3 is 2.28 bits per heavy atom. The summed E-state index contributed by atoms with van der Waals surface area (Å²) < 4.78 is 52.0. The summed E-state index contributed by atoms with van der Waals surface area (Å²) >= 11 is 0. The molecule has 0 radical (unpaired) electrons. The fourth-order valence-electron chi connectivity index (χ4n) is 3.86. The second-order valence-corrected chi connectivity index (χ2v) is 9.11. The van der Waals surface area contributed by atoms with E-state index in [1.54, 1.807) is 19.2 Å². The molecule has 0 aromatic heterocycles. The summed E-state index contributed by atoms with van der Waals surface area (Å²) in [6, 6.07) is 10.0. The van der Waals surface area contributed by atoms with Crippen LogP contribution in [0.1, 0.15) is 55.4 Å². The highest BCUT2D eigenvalue weighted by atomic mass is 31.1. The Balaban J connectivity index is 2.67. The van der Waals surface area contributed by atoms with Crippen LogP contribution in [0.2, 0.25) is 0 Å². The molecule has 0 heterocycles. The van der Waals surface area contributed by atoms with Crippen LogP contribution in [0, 0.1) is 13.8 Å². The standard InChI is InChI=1S/C23H30F3O2P/c1-6-12-22(7-2,29-20-11-9-8-10-18(20)23(24,25)26)19-14-16(3)13-17(4)21(19)28-15-27-5/h8-11,13-14,29H,6-7,12,15H2,1-5H3. The van der Waals surface area contributed by atoms with Gasteiger partial charge in [0.1, 0.15) is 5.75 Å². The Morgan fingerprint density at radius 2 is 1.69 bits per heavy atom. The maximum Gasteiger partial charge on any atom is 0.417 e. The first-order valence-electron chi connectivity index (χ1n) is 9.86. The summed E-state index contributed by atoms with van der Waals surface area (Å²) in [4.78, 5) is 0. The van der Waals surface area contributed by atoms with E-state index >= 15 is 0 Å². The minimum Gasteiger partial charge on any atom is -0.467 e. The molecular formula is C23H30F3O2P. The molecule has 2 atom stereocenters. The third-order valence-electron chi connectivity index (χ3n) is 5.14. The lowest BCUT2D eigenvalue weighted by atomic mass is 9.87. The highest BCUT2D eigenvalue weighted by molar-refractivity contribution is 7.48. The topological polar surface area (TPSA) is 18.5 Å². The number of hydrogen-bond donors (Lipinski definition) is 0. The van der Waals surface area contributed by atoms with Gasteiger partial charge in [-0.2, -0.15) is 13.2 Å². The molecule has 0 bridgehead atoms. The van der Waals surface area contributed by atoms with Crippen molar-refractivity contribution in [2.24, 2.45) is 0 Å². The maximum atomic E-state index is 13.7. The van der Waals surface area contributed by atoms with Crippen LogP contribution in [0.15, 0.2) is 36.4 Å². The van der Waals surface area contributed by atoms with Gasteiger partial charge in [0.25, 0.3) is 0 Å². The summed E-state index contributed by atoms with van der Waals surface area (Å²) in [6.45, 7) is 8.21. The van der Waals surface area contributed by atoms with Gasteiger partial charge in [-0.05, 0) is 43.6 Å². The molecule has 0 amide bonds. The maximum absolute atomic E-state index is 13.7. The molecule has 160 valence electrons. The molecule has 2 unspecified atom stereocenters. The van der Waals surface area contributed by atoms with Gasteiger partial charge in [-0.15, -0.1) is 0 Å². The van der Waals surface area contributed by atoms with E-state index < -0.39 is 16.9 Å². The van der Waals surface area contributed by atoms with E-state index in [1.807, 2.05) is 19.9 Å². The molecule has 2 aromatic carbocycles. The van der Waals surface area contributed by atoms with Crippen molar-refractivity contribution in [3.63, 3.8) is 0 Å². The number of halogens is 3. The molecule has 0 aliphatic rings. The quantitative estimate of drug-likeness (QED) is 0.328. The van der Waals surface area contributed by atoms with Gasteiger partial charge >= 0.3 is 6.18 Å². The van der Waals surface area contributed by atoms with Gasteiger partial charge in [0.15, 0.2) is 6.79 Å². The van der Waals surface area contributed by atoms with Gasteiger partial charge in [0.2, 0.25) is 0 Å². The minimum atomic E-state index is -4.37. The Hall–Kier alpha value is -1.58. The van der Waals surface area contributed by atoms with Gasteiger partial charge in [0, 0.05) is 17.8 Å². The van der Waals surface area contributed by atoms with Crippen molar-refractivity contribution in [3.8, 4) is 5.75 Å². The van der Waals surface area contributed by atoms with E-state index in [0.717, 1.165) is 41.7 Å². The first-order valence-corrected chi connectivity index (χ1v) is 10.9. The van der Waals surface area contributed by atoms with Gasteiger partial charge in [-0.1, -0.05) is 64.7 Å². The predicted molar refractivity (Wildman–Crippen MR) is 115 cm³/mol. The third-order valence-corrected chi connectivity index (χ3v) is 7.20. The average molecular weight is 426 g/mol. The highest BCUT2D eigenvalue weighted by Gasteiger charge is 2.38. The van der Waals surface area contributed by atoms with Crippen molar-refractivity contribution < 1.29 is 22.6 Å². The van der Waals surface area contributed by atoms with E-state index in [2.05, 4.69) is 19.9 Å². The SMILES string of the molecule is CCCC(CC)(Pc1ccccc1C(F)(F)F)c1cc(C)cc(C)c1OCOC. The van der Waals surface area contributed by atoms with Crippen LogP contribution >= 0.6 is 8.58 Å². The largest absolute Gasteiger partial charge is 0.467 e. The van der Waals surface area contributed by atoms with Gasteiger partial charge < -0.3 is 9.47 Å². The molecule has 0 saturated carbocycles. The zero-order valence-corrected chi connectivity index (χ0v) is 18.7. The van der Waals surface area contributed by atoms with Gasteiger partial charge in [-0.3, -0.25) is 0 Å². The Kier molecular flexibility index (Phi) is 8.13. The zero-order chi connectivity index (χ0) is 21.7. The van der Waals surface area contributed by atoms with Crippen molar-refractivity contribution in [1.29, 1.82) is 0 Å². The summed E-state index contributed by atoms with van der Waals surface area (Å²) in [5.41, 5.74) is 2.48. The van der Waals surface area contributed by atoms with Crippen LogP contribution in [-0.2, 0) is 16.1 Å². The summed E-state index contributed by atoms with van der Waals surface area (Å²) in [5, 5.41) is -0.0807. The minimum absolute atomic E-state index is 0.0241. The van der Waals surface area contributed by atoms with Crippen molar-refractivity contribution in [2.75, 3.05) is 13.9 Å². The fraction of sp³-hybridized carbons (Fsp3) is 0.478. The van der Waals surface area contributed by atoms with Gasteiger partial charge in [0.05, 0.1) is 5.56 Å². The van der Waals surface area contributed by atoms with Crippen LogP contribution in [0.25, 0.3) is 0 Å². The van der Waals surface area contributed by atoms with E-state index in [1.165, 1.54) is 12.1 Å². The number of benzene rings is 2. The monoisotopic (exact) mass is 426 g/mol. The number of hydrogen-bond acceptors (Lipinski definition) is 2. The number of aryl methyl sites for hydroxylation is 2. The number of ether oxygens (including phenoxy) is 2. The molecule has 0 saturated heterocycles. The van der Waals surface area contributed by atoms with Crippen LogP contribution in [-0.4, -0.2) is 13.9 Å². The second kappa shape index (κ2) is 9.95. The first-order chi connectivity index (χ1) is 13.7. The predicted octanol–water partition coefficient (Wildman–Crippen LogP) is 6.71. The average Bonchev–Trinajstić information content (AvgIpc) is 2.66. The molecule has 0 N–H and O–H groups in total. The van der Waals surface area contributed by atoms with Crippen molar-refractivity contribution in [3.05, 3.63) is 58.7 Å². The Labute approximate surface area is 173 Å². The summed E-state index contributed by atoms with van der Waals surface area (Å²) in [7, 11) is 1.54. The molecule has 2 rings (SSSR count). The lowest BCUT2D eigenvalue weighted by Gasteiger charge is -2.36. The van der Waals surface area contributed by atoms with Crippen LogP contribution < -0.4 is 10.0 Å². The molecule has 2 aromatic rings. The summed E-state index contributed by atoms with van der Waals surface area (Å²) in [6.07, 6.45) is -2.00. The highest BCUT2D eigenvalue weighted by Crippen LogP contribution is 2.52. The Morgan fingerprint density at radius 1 is 1.00 bits per heavy atom. The fourth-order valence-corrected chi connectivity index (χ4v) is 5.79. The van der Waals surface area contributed by atoms with Crippen LogP contribution in [0.5, 0.6) is 5.75 Å². The van der Waals surface area contributed by atoms with E-state index in [-0.39, 0.29) is 15.4 Å². The van der Waals surface area contributed by atoms with E-state index in [4.69, 9.17) is 9.47 Å². The van der Waals surface area contributed by atoms with E-state index in [9.17, 15) is 13.2 Å². The van der Waals surface area contributed by atoms with Crippen molar-refractivity contribution >= 4 is 13.9 Å². The molecule has 2 nitrogen and oxygen atoms in total. The number of methoxy groups -OCH3 is 1. The third kappa shape index (κ3) is 5.52. The van der Waals surface area contributed by atoms with Crippen molar-refractivity contribution in [2.45, 2.75) is 58.3 Å². The second-order valence-electron chi connectivity index (χ2n) is 7.36. The molecule has 0 aliphatic heterocycles. The normalized spacial score (nSPS) is 14.3. The number of rotatable bonds is 9. The van der Waals surface area contributed by atoms with Crippen LogP contribution in [0.3, 0.4) is 0 Å². The molecule has 29 heavy (non-hydrogen) atoms. The lowest BCUT2D eigenvalue weighted by Crippen LogP contribution is -2.27. The number of alkyl halides is 3. The van der Waals surface area contributed by atoms with E-state index in [0.29, 0.717) is 5.30 Å².